The van der Waals surface area contributed by atoms with E-state index >= 15 is 0 Å². The van der Waals surface area contributed by atoms with E-state index in [2.05, 4.69) is 17.2 Å². The summed E-state index contributed by atoms with van der Waals surface area (Å²) in [5.74, 6) is 4.58. The molecule has 2 N–H and O–H groups in total. The quantitative estimate of drug-likeness (QED) is 0.793. The highest BCUT2D eigenvalue weighted by Crippen LogP contribution is 2.30. The molecule has 0 atom stereocenters. The molecule has 0 aliphatic carbocycles. The van der Waals surface area contributed by atoms with Gasteiger partial charge in [-0.05, 0) is 38.8 Å². The van der Waals surface area contributed by atoms with Gasteiger partial charge >= 0.3 is 0 Å². The molecule has 0 aliphatic heterocycles. The number of hydrogen-bond donors (Lipinski definition) is 2. The average molecular weight is 252 g/mol. The first-order valence-electron chi connectivity index (χ1n) is 5.10. The largest absolute Gasteiger partial charge is 0.508 e. The Morgan fingerprint density at radius 3 is 2.65 bits per heavy atom. The van der Waals surface area contributed by atoms with Gasteiger partial charge in [-0.1, -0.05) is 23.6 Å². The summed E-state index contributed by atoms with van der Waals surface area (Å²) in [7, 11) is 0. The zero-order valence-electron chi connectivity index (χ0n) is 9.97. The van der Waals surface area contributed by atoms with Crippen molar-refractivity contribution < 1.29 is 9.90 Å². The van der Waals surface area contributed by atoms with E-state index in [9.17, 15) is 9.90 Å². The summed E-state index contributed by atoms with van der Waals surface area (Å²) in [6.07, 6.45) is 0. The van der Waals surface area contributed by atoms with Crippen LogP contribution in [0.5, 0.6) is 5.75 Å². The number of nitrogens with one attached hydrogen (secondary N) is 1. The number of halogens is 1. The van der Waals surface area contributed by atoms with Gasteiger partial charge in [-0.2, -0.15) is 0 Å². The Bertz CT molecular complexity index is 498. The maximum atomic E-state index is 11.4. The Morgan fingerprint density at radius 1 is 1.47 bits per heavy atom. The van der Waals surface area contributed by atoms with Crippen molar-refractivity contribution in [3.05, 3.63) is 28.8 Å². The highest BCUT2D eigenvalue weighted by atomic mass is 35.5. The van der Waals surface area contributed by atoms with E-state index in [0.29, 0.717) is 10.6 Å². The van der Waals surface area contributed by atoms with Gasteiger partial charge in [0.05, 0.1) is 5.54 Å². The number of rotatable bonds is 2. The van der Waals surface area contributed by atoms with Crippen molar-refractivity contribution in [2.24, 2.45) is 0 Å². The first-order valence-corrected chi connectivity index (χ1v) is 5.48. The molecule has 90 valence electrons. The second-order valence-electron chi connectivity index (χ2n) is 4.12. The molecular formula is C13H14ClNO2. The van der Waals surface area contributed by atoms with E-state index in [1.165, 1.54) is 6.07 Å². The van der Waals surface area contributed by atoms with Crippen molar-refractivity contribution in [3.63, 3.8) is 0 Å². The van der Waals surface area contributed by atoms with Crippen LogP contribution >= 0.6 is 11.6 Å². The van der Waals surface area contributed by atoms with Crippen molar-refractivity contribution in [2.45, 2.75) is 26.3 Å². The van der Waals surface area contributed by atoms with E-state index in [4.69, 9.17) is 11.6 Å². The number of benzene rings is 1. The van der Waals surface area contributed by atoms with Crippen LogP contribution in [0.1, 0.15) is 26.3 Å². The molecule has 0 fully saturated rings. The van der Waals surface area contributed by atoms with Crippen molar-refractivity contribution in [3.8, 4) is 17.6 Å². The van der Waals surface area contributed by atoms with Crippen molar-refractivity contribution >= 4 is 17.5 Å². The number of hydrogen-bond acceptors (Lipinski definition) is 2. The predicted octanol–water partition coefficient (Wildman–Crippen LogP) is 2.42. The second kappa shape index (κ2) is 5.11. The van der Waals surface area contributed by atoms with Crippen LogP contribution in [0.3, 0.4) is 0 Å². The Balaban J connectivity index is 3.03. The zero-order chi connectivity index (χ0) is 13.1. The smallest absolute Gasteiger partial charge is 0.296 e. The first-order chi connectivity index (χ1) is 7.86. The van der Waals surface area contributed by atoms with Crippen molar-refractivity contribution in [1.29, 1.82) is 0 Å². The Kier molecular flexibility index (Phi) is 4.03. The molecule has 0 radical (unpaired) electrons. The van der Waals surface area contributed by atoms with E-state index in [0.717, 1.165) is 0 Å². The molecule has 0 saturated heterocycles. The molecule has 0 aliphatic rings. The van der Waals surface area contributed by atoms with Crippen LogP contribution in [0, 0.1) is 11.8 Å². The third-order valence-corrected chi connectivity index (χ3v) is 2.53. The predicted molar refractivity (Wildman–Crippen MR) is 67.7 cm³/mol. The van der Waals surface area contributed by atoms with E-state index in [1.807, 2.05) is 0 Å². The lowest BCUT2D eigenvalue weighted by molar-refractivity contribution is -0.117. The molecule has 0 heterocycles. The van der Waals surface area contributed by atoms with Gasteiger partial charge in [-0.25, -0.2) is 0 Å². The van der Waals surface area contributed by atoms with Crippen LogP contribution in [0.25, 0.3) is 0 Å². The fraction of sp³-hybridized carbons (Fsp3) is 0.308. The minimum atomic E-state index is -0.713. The summed E-state index contributed by atoms with van der Waals surface area (Å²) in [5.41, 5.74) is -0.122. The zero-order valence-corrected chi connectivity index (χ0v) is 10.7. The summed E-state index contributed by atoms with van der Waals surface area (Å²) in [6, 6.07) is 4.78. The van der Waals surface area contributed by atoms with Gasteiger partial charge in [0.25, 0.3) is 5.91 Å². The lowest BCUT2D eigenvalue weighted by Gasteiger charge is -2.26. The molecule has 4 heteroatoms. The fourth-order valence-corrected chi connectivity index (χ4v) is 1.70. The van der Waals surface area contributed by atoms with Crippen molar-refractivity contribution in [1.82, 2.24) is 5.32 Å². The van der Waals surface area contributed by atoms with E-state index in [1.54, 1.807) is 32.9 Å². The third kappa shape index (κ3) is 3.40. The number of carbonyl (C=O) groups excluding carboxylic acids is 1. The van der Waals surface area contributed by atoms with Crippen LogP contribution in [0.2, 0.25) is 5.02 Å². The number of phenolic OH excluding ortho intramolecular Hbond substituents is 1. The van der Waals surface area contributed by atoms with Crippen LogP contribution in [-0.2, 0) is 10.3 Å². The summed E-state index contributed by atoms with van der Waals surface area (Å²) in [4.78, 5) is 11.4. The molecule has 0 bridgehead atoms. The maximum absolute atomic E-state index is 11.4. The van der Waals surface area contributed by atoms with Gasteiger partial charge in [0.1, 0.15) is 5.75 Å². The minimum absolute atomic E-state index is 0.0484. The molecule has 1 rings (SSSR count). The van der Waals surface area contributed by atoms with Crippen LogP contribution in [0.15, 0.2) is 18.2 Å². The lowest BCUT2D eigenvalue weighted by Crippen LogP contribution is -2.40. The van der Waals surface area contributed by atoms with Gasteiger partial charge in [0.15, 0.2) is 0 Å². The lowest BCUT2D eigenvalue weighted by atomic mass is 9.93. The summed E-state index contributed by atoms with van der Waals surface area (Å²) in [6.45, 7) is 5.16. The molecule has 0 aromatic heterocycles. The van der Waals surface area contributed by atoms with Crippen LogP contribution in [0.4, 0.5) is 0 Å². The second-order valence-corrected chi connectivity index (χ2v) is 4.55. The monoisotopic (exact) mass is 251 g/mol. The molecule has 1 aromatic rings. The minimum Gasteiger partial charge on any atom is -0.508 e. The van der Waals surface area contributed by atoms with Gasteiger partial charge < -0.3 is 10.4 Å². The SMILES string of the molecule is CC#CC(=O)NC(C)(C)c1ccc(Cl)cc1O. The van der Waals surface area contributed by atoms with E-state index in [-0.39, 0.29) is 11.7 Å². The first kappa shape index (κ1) is 13.4. The number of carbonyl (C=O) groups is 1. The summed E-state index contributed by atoms with van der Waals surface area (Å²) < 4.78 is 0. The summed E-state index contributed by atoms with van der Waals surface area (Å²) in [5, 5.41) is 13.0. The Labute approximate surface area is 106 Å². The van der Waals surface area contributed by atoms with Gasteiger partial charge in [0, 0.05) is 10.6 Å². The number of phenols is 1. The van der Waals surface area contributed by atoms with Crippen LogP contribution in [-0.4, -0.2) is 11.0 Å². The molecule has 0 saturated carbocycles. The normalized spacial score (nSPS) is 10.4. The molecular weight excluding hydrogens is 238 g/mol. The van der Waals surface area contributed by atoms with Gasteiger partial charge in [0.2, 0.25) is 0 Å². The molecule has 17 heavy (non-hydrogen) atoms. The molecule has 0 spiro atoms. The topological polar surface area (TPSA) is 49.3 Å². The number of aromatic hydroxyl groups is 1. The molecule has 3 nitrogen and oxygen atoms in total. The Morgan fingerprint density at radius 2 is 2.12 bits per heavy atom. The summed E-state index contributed by atoms with van der Waals surface area (Å²) >= 11 is 5.75. The van der Waals surface area contributed by atoms with E-state index < -0.39 is 5.54 Å². The molecule has 0 unspecified atom stereocenters. The standard InChI is InChI=1S/C13H14ClNO2/c1-4-5-12(17)15-13(2,3)10-7-6-9(14)8-11(10)16/h6-8,16H,1-3H3,(H,15,17). The molecule has 1 aromatic carbocycles. The van der Waals surface area contributed by atoms with Gasteiger partial charge in [-0.3, -0.25) is 4.79 Å². The molecule has 1 amide bonds. The average Bonchev–Trinajstić information content (AvgIpc) is 2.15. The van der Waals surface area contributed by atoms with Gasteiger partial charge in [-0.15, -0.1) is 0 Å². The fourth-order valence-electron chi connectivity index (χ4n) is 1.53. The Hall–Kier alpha value is -1.66. The highest BCUT2D eigenvalue weighted by Gasteiger charge is 2.25. The number of amides is 1. The van der Waals surface area contributed by atoms with Crippen molar-refractivity contribution in [2.75, 3.05) is 0 Å². The van der Waals surface area contributed by atoms with Crippen LogP contribution < -0.4 is 5.32 Å². The maximum Gasteiger partial charge on any atom is 0.296 e. The highest BCUT2D eigenvalue weighted by molar-refractivity contribution is 6.30. The third-order valence-electron chi connectivity index (χ3n) is 2.30.